The average molecular weight is 466 g/mol. The fourth-order valence-electron chi connectivity index (χ4n) is 2.91. The van der Waals surface area contributed by atoms with Crippen LogP contribution in [-0.4, -0.2) is 32.1 Å². The summed E-state index contributed by atoms with van der Waals surface area (Å²) in [6.45, 7) is 2.36. The molecule has 0 spiro atoms. The Balaban J connectivity index is 1.85. The number of carbonyl (C=O) groups excluding carboxylic acids is 1. The van der Waals surface area contributed by atoms with Crippen LogP contribution in [0.15, 0.2) is 52.9 Å². The van der Waals surface area contributed by atoms with Gasteiger partial charge in [-0.05, 0) is 48.7 Å². The van der Waals surface area contributed by atoms with Gasteiger partial charge in [0.15, 0.2) is 5.69 Å². The lowest BCUT2D eigenvalue weighted by molar-refractivity contribution is 0.0976. The Morgan fingerprint density at radius 1 is 1.13 bits per heavy atom. The number of benzene rings is 2. The SMILES string of the molecule is Cc1oc(N(CCc2ccc(Cl)cc2)Cc2ccc(F)cc2)nc1C(=O)NS(C)(=O)=O. The molecule has 0 atom stereocenters. The summed E-state index contributed by atoms with van der Waals surface area (Å²) >= 11 is 5.94. The molecule has 0 radical (unpaired) electrons. The lowest BCUT2D eigenvalue weighted by atomic mass is 10.1. The van der Waals surface area contributed by atoms with E-state index in [0.29, 0.717) is 24.5 Å². The van der Waals surface area contributed by atoms with Crippen LogP contribution < -0.4 is 9.62 Å². The predicted molar refractivity (Wildman–Crippen MR) is 116 cm³/mol. The molecule has 0 unspecified atom stereocenters. The number of amides is 1. The third-order valence-electron chi connectivity index (χ3n) is 4.42. The fraction of sp³-hybridized carbons (Fsp3) is 0.238. The normalized spacial score (nSPS) is 11.4. The van der Waals surface area contributed by atoms with E-state index in [1.807, 2.05) is 16.9 Å². The number of nitrogens with zero attached hydrogens (tertiary/aromatic N) is 2. The standard InChI is InChI=1S/C21H21ClFN3O4S/c1-14-19(20(27)25-31(2,28)29)24-21(30-14)26(13-16-5-9-18(23)10-6-16)12-11-15-3-7-17(22)8-4-15/h3-10H,11-13H2,1-2H3,(H,25,27). The summed E-state index contributed by atoms with van der Waals surface area (Å²) < 4.78 is 43.6. The number of anilines is 1. The van der Waals surface area contributed by atoms with Crippen LogP contribution in [0.3, 0.4) is 0 Å². The van der Waals surface area contributed by atoms with Gasteiger partial charge < -0.3 is 9.32 Å². The maximum Gasteiger partial charge on any atom is 0.298 e. The summed E-state index contributed by atoms with van der Waals surface area (Å²) in [5, 5.41) is 0.636. The van der Waals surface area contributed by atoms with Crippen LogP contribution in [0.25, 0.3) is 0 Å². The van der Waals surface area contributed by atoms with Gasteiger partial charge in [-0.25, -0.2) is 17.5 Å². The molecule has 1 N–H and O–H groups in total. The van der Waals surface area contributed by atoms with Crippen LogP contribution in [-0.2, 0) is 23.0 Å². The number of sulfonamides is 1. The Morgan fingerprint density at radius 3 is 2.35 bits per heavy atom. The van der Waals surface area contributed by atoms with E-state index in [1.54, 1.807) is 29.2 Å². The molecule has 3 rings (SSSR count). The first-order chi connectivity index (χ1) is 14.6. The summed E-state index contributed by atoms with van der Waals surface area (Å²) in [5.74, 6) is -1.02. The van der Waals surface area contributed by atoms with Crippen LogP contribution in [0, 0.1) is 12.7 Å². The second-order valence-electron chi connectivity index (χ2n) is 7.03. The minimum atomic E-state index is -3.74. The Labute approximate surface area is 184 Å². The first-order valence-corrected chi connectivity index (χ1v) is 11.6. The smallest absolute Gasteiger partial charge is 0.298 e. The molecule has 3 aromatic rings. The largest absolute Gasteiger partial charge is 0.428 e. The molecule has 1 amide bonds. The molecule has 2 aromatic carbocycles. The minimum Gasteiger partial charge on any atom is -0.428 e. The molecule has 7 nitrogen and oxygen atoms in total. The highest BCUT2D eigenvalue weighted by molar-refractivity contribution is 7.89. The van der Waals surface area contributed by atoms with Crippen molar-refractivity contribution >= 4 is 33.5 Å². The van der Waals surface area contributed by atoms with Gasteiger partial charge in [-0.1, -0.05) is 35.9 Å². The van der Waals surface area contributed by atoms with Gasteiger partial charge in [-0.2, -0.15) is 4.98 Å². The Kier molecular flexibility index (Phi) is 6.97. The maximum absolute atomic E-state index is 13.3. The number of hydrogen-bond donors (Lipinski definition) is 1. The van der Waals surface area contributed by atoms with E-state index in [2.05, 4.69) is 4.98 Å². The van der Waals surface area contributed by atoms with Gasteiger partial charge >= 0.3 is 0 Å². The molecule has 0 aliphatic rings. The molecule has 0 aliphatic carbocycles. The minimum absolute atomic E-state index is 0.115. The Hall–Kier alpha value is -2.91. The van der Waals surface area contributed by atoms with Crippen LogP contribution in [0.2, 0.25) is 5.02 Å². The number of nitrogens with one attached hydrogen (secondary N) is 1. The van der Waals surface area contributed by atoms with Crippen molar-refractivity contribution in [1.82, 2.24) is 9.71 Å². The van der Waals surface area contributed by atoms with Gasteiger partial charge in [0.2, 0.25) is 10.0 Å². The van der Waals surface area contributed by atoms with Crippen molar-refractivity contribution < 1.29 is 22.0 Å². The van der Waals surface area contributed by atoms with E-state index in [1.165, 1.54) is 19.1 Å². The first kappa shape index (κ1) is 22.8. The topological polar surface area (TPSA) is 92.5 Å². The number of aromatic nitrogens is 1. The monoisotopic (exact) mass is 465 g/mol. The van der Waals surface area contributed by atoms with Gasteiger partial charge in [-0.15, -0.1) is 0 Å². The van der Waals surface area contributed by atoms with Gasteiger partial charge in [0, 0.05) is 18.1 Å². The van der Waals surface area contributed by atoms with E-state index in [0.717, 1.165) is 17.4 Å². The van der Waals surface area contributed by atoms with Crippen molar-refractivity contribution in [2.75, 3.05) is 17.7 Å². The second-order valence-corrected chi connectivity index (χ2v) is 9.21. The quantitative estimate of drug-likeness (QED) is 0.545. The number of aryl methyl sites for hydroxylation is 1. The maximum atomic E-state index is 13.3. The van der Waals surface area contributed by atoms with Gasteiger partial charge in [0.1, 0.15) is 11.6 Å². The van der Waals surface area contributed by atoms with E-state index in [4.69, 9.17) is 16.0 Å². The third kappa shape index (κ3) is 6.53. The van der Waals surface area contributed by atoms with Gasteiger partial charge in [0.25, 0.3) is 11.9 Å². The molecule has 0 saturated heterocycles. The van der Waals surface area contributed by atoms with Crippen molar-refractivity contribution in [1.29, 1.82) is 0 Å². The van der Waals surface area contributed by atoms with E-state index in [-0.39, 0.29) is 23.3 Å². The van der Waals surface area contributed by atoms with Crippen LogP contribution in [0.5, 0.6) is 0 Å². The molecule has 0 aliphatic heterocycles. The molecule has 0 saturated carbocycles. The molecule has 0 bridgehead atoms. The molecule has 10 heteroatoms. The zero-order valence-corrected chi connectivity index (χ0v) is 18.5. The van der Waals surface area contributed by atoms with Gasteiger partial charge in [-0.3, -0.25) is 4.79 Å². The number of carbonyl (C=O) groups is 1. The van der Waals surface area contributed by atoms with E-state index in [9.17, 15) is 17.6 Å². The van der Waals surface area contributed by atoms with Crippen molar-refractivity contribution in [2.45, 2.75) is 19.9 Å². The highest BCUT2D eigenvalue weighted by atomic mass is 35.5. The lowest BCUT2D eigenvalue weighted by Crippen LogP contribution is -2.30. The highest BCUT2D eigenvalue weighted by Gasteiger charge is 2.23. The number of halogens is 2. The zero-order chi connectivity index (χ0) is 22.6. The zero-order valence-electron chi connectivity index (χ0n) is 16.9. The van der Waals surface area contributed by atoms with Crippen LogP contribution in [0.4, 0.5) is 10.4 Å². The van der Waals surface area contributed by atoms with E-state index >= 15 is 0 Å². The molecule has 1 aromatic heterocycles. The number of hydrogen-bond acceptors (Lipinski definition) is 6. The molecule has 31 heavy (non-hydrogen) atoms. The van der Waals surface area contributed by atoms with Crippen molar-refractivity contribution in [3.8, 4) is 0 Å². The Morgan fingerprint density at radius 2 is 1.74 bits per heavy atom. The fourth-order valence-corrected chi connectivity index (χ4v) is 3.47. The number of oxazole rings is 1. The van der Waals surface area contributed by atoms with E-state index < -0.39 is 15.9 Å². The summed E-state index contributed by atoms with van der Waals surface area (Å²) in [6.07, 6.45) is 1.51. The Bertz CT molecular complexity index is 1160. The summed E-state index contributed by atoms with van der Waals surface area (Å²) in [4.78, 5) is 18.3. The molecule has 0 fully saturated rings. The van der Waals surface area contributed by atoms with Gasteiger partial charge in [0.05, 0.1) is 6.26 Å². The molecule has 1 heterocycles. The average Bonchev–Trinajstić information content (AvgIpc) is 3.08. The highest BCUT2D eigenvalue weighted by Crippen LogP contribution is 2.22. The molecular weight excluding hydrogens is 445 g/mol. The van der Waals surface area contributed by atoms with Crippen molar-refractivity contribution in [2.24, 2.45) is 0 Å². The van der Waals surface area contributed by atoms with Crippen LogP contribution >= 0.6 is 11.6 Å². The van der Waals surface area contributed by atoms with Crippen LogP contribution in [0.1, 0.15) is 27.4 Å². The van der Waals surface area contributed by atoms with Crippen molar-refractivity contribution in [3.63, 3.8) is 0 Å². The number of rotatable bonds is 8. The first-order valence-electron chi connectivity index (χ1n) is 9.34. The second kappa shape index (κ2) is 9.49. The molecule has 164 valence electrons. The predicted octanol–water partition coefficient (Wildman–Crippen LogP) is 3.71. The summed E-state index contributed by atoms with van der Waals surface area (Å²) in [5.41, 5.74) is 1.73. The molecular formula is C21H21ClFN3O4S. The third-order valence-corrected chi connectivity index (χ3v) is 5.23. The summed E-state index contributed by atoms with van der Waals surface area (Å²) in [7, 11) is -3.74. The summed E-state index contributed by atoms with van der Waals surface area (Å²) in [6, 6.07) is 13.6. The van der Waals surface area contributed by atoms with Crippen molar-refractivity contribution in [3.05, 3.63) is 82.0 Å². The lowest BCUT2D eigenvalue weighted by Gasteiger charge is -2.21.